The molecule has 0 amide bonds. The number of hydrogen-bond donors (Lipinski definition) is 4. The number of aromatic amines is 3. The van der Waals surface area contributed by atoms with E-state index in [2.05, 4.69) is 30.2 Å². The molecule has 0 aromatic carbocycles. The van der Waals surface area contributed by atoms with Crippen molar-refractivity contribution in [1.29, 1.82) is 0 Å². The van der Waals surface area contributed by atoms with E-state index in [1.807, 2.05) is 26.2 Å². The second kappa shape index (κ2) is 6.09. The van der Waals surface area contributed by atoms with Crippen LogP contribution in [-0.2, 0) is 0 Å². The number of aromatic nitrogens is 4. The molecule has 3 aromatic heterocycles. The molecule has 3 heterocycles. The fourth-order valence-electron chi connectivity index (χ4n) is 2.37. The van der Waals surface area contributed by atoms with Crippen LogP contribution in [0.4, 0.5) is 5.82 Å². The highest BCUT2D eigenvalue weighted by Crippen LogP contribution is 2.27. The number of fused-ring (bicyclic) bond motifs is 1. The second-order valence-corrected chi connectivity index (χ2v) is 5.51. The molecular weight excluding hydrogens is 296 g/mol. The molecule has 4 N–H and O–H groups in total. The maximum atomic E-state index is 12.1. The van der Waals surface area contributed by atoms with Gasteiger partial charge in [0.1, 0.15) is 11.5 Å². The van der Waals surface area contributed by atoms with Crippen molar-refractivity contribution in [1.82, 2.24) is 24.8 Å². The van der Waals surface area contributed by atoms with Crippen LogP contribution in [0, 0.1) is 0 Å². The SMILES string of the molecule is CN(C)CCNc1cc(-c2c[nH]c(=O)[nH]c2=O)c2cc[nH]c2n1. The van der Waals surface area contributed by atoms with Gasteiger partial charge in [-0.25, -0.2) is 9.78 Å². The Balaban J connectivity index is 2.06. The number of likely N-dealkylation sites (N-methyl/N-ethyl adjacent to an activating group) is 1. The average molecular weight is 314 g/mol. The maximum absolute atomic E-state index is 12.1. The lowest BCUT2D eigenvalue weighted by molar-refractivity contribution is 0.425. The molecule has 0 aliphatic carbocycles. The Morgan fingerprint density at radius 1 is 1.22 bits per heavy atom. The molecule has 0 fully saturated rings. The van der Waals surface area contributed by atoms with E-state index in [4.69, 9.17) is 0 Å². The third-order valence-corrected chi connectivity index (χ3v) is 3.50. The van der Waals surface area contributed by atoms with Crippen LogP contribution in [0.15, 0.2) is 34.1 Å². The fraction of sp³-hybridized carbons (Fsp3) is 0.267. The summed E-state index contributed by atoms with van der Waals surface area (Å²) in [6.45, 7) is 1.59. The van der Waals surface area contributed by atoms with Crippen molar-refractivity contribution in [2.24, 2.45) is 0 Å². The largest absolute Gasteiger partial charge is 0.369 e. The van der Waals surface area contributed by atoms with Crippen molar-refractivity contribution < 1.29 is 0 Å². The van der Waals surface area contributed by atoms with Gasteiger partial charge in [-0.1, -0.05) is 0 Å². The molecule has 3 aromatic rings. The molecule has 0 aliphatic rings. The summed E-state index contributed by atoms with van der Waals surface area (Å²) in [6, 6.07) is 3.67. The smallest absolute Gasteiger partial charge is 0.325 e. The summed E-state index contributed by atoms with van der Waals surface area (Å²) in [5.41, 5.74) is 0.831. The van der Waals surface area contributed by atoms with E-state index >= 15 is 0 Å². The van der Waals surface area contributed by atoms with Gasteiger partial charge in [0.05, 0.1) is 5.56 Å². The standard InChI is InChI=1S/C15H18N6O2/c1-21(2)6-5-16-12-7-10(9-3-4-17-13(9)19-12)11-8-18-15(23)20-14(11)22/h3-4,7-8H,5-6H2,1-2H3,(H2,16,17,19)(H2,18,20,22,23). The van der Waals surface area contributed by atoms with Gasteiger partial charge in [-0.15, -0.1) is 0 Å². The molecule has 120 valence electrons. The van der Waals surface area contributed by atoms with Gasteiger partial charge >= 0.3 is 5.69 Å². The summed E-state index contributed by atoms with van der Waals surface area (Å²) in [7, 11) is 3.99. The molecule has 0 bridgehead atoms. The van der Waals surface area contributed by atoms with Gasteiger partial charge in [-0.2, -0.15) is 0 Å². The highest BCUT2D eigenvalue weighted by atomic mass is 16.2. The second-order valence-electron chi connectivity index (χ2n) is 5.51. The molecule has 0 saturated heterocycles. The third kappa shape index (κ3) is 3.16. The molecule has 0 spiro atoms. The van der Waals surface area contributed by atoms with Crippen molar-refractivity contribution in [3.8, 4) is 11.1 Å². The van der Waals surface area contributed by atoms with Crippen LogP contribution >= 0.6 is 0 Å². The van der Waals surface area contributed by atoms with Crippen LogP contribution in [0.3, 0.4) is 0 Å². The van der Waals surface area contributed by atoms with E-state index in [-0.39, 0.29) is 0 Å². The zero-order chi connectivity index (χ0) is 16.4. The van der Waals surface area contributed by atoms with E-state index < -0.39 is 11.2 Å². The number of H-pyrrole nitrogens is 3. The van der Waals surface area contributed by atoms with Crippen molar-refractivity contribution in [2.75, 3.05) is 32.5 Å². The van der Waals surface area contributed by atoms with Gasteiger partial charge in [0.15, 0.2) is 0 Å². The van der Waals surface area contributed by atoms with Gasteiger partial charge in [-0.3, -0.25) is 9.78 Å². The normalized spacial score (nSPS) is 11.3. The predicted octanol–water partition coefficient (Wildman–Crippen LogP) is 0.580. The summed E-state index contributed by atoms with van der Waals surface area (Å²) in [5.74, 6) is 0.669. The Morgan fingerprint density at radius 2 is 2.04 bits per heavy atom. The molecule has 0 aliphatic heterocycles. The first-order chi connectivity index (χ1) is 11.0. The molecule has 23 heavy (non-hydrogen) atoms. The van der Waals surface area contributed by atoms with Crippen LogP contribution in [0.2, 0.25) is 0 Å². The van der Waals surface area contributed by atoms with Crippen LogP contribution < -0.4 is 16.6 Å². The summed E-state index contributed by atoms with van der Waals surface area (Å²) >= 11 is 0. The molecule has 8 heteroatoms. The van der Waals surface area contributed by atoms with Gasteiger partial charge in [0.25, 0.3) is 5.56 Å². The third-order valence-electron chi connectivity index (χ3n) is 3.50. The van der Waals surface area contributed by atoms with E-state index in [1.54, 1.807) is 6.20 Å². The molecule has 0 radical (unpaired) electrons. The summed E-state index contributed by atoms with van der Waals surface area (Å²) in [5, 5.41) is 4.06. The minimum atomic E-state index is -0.526. The van der Waals surface area contributed by atoms with Crippen LogP contribution in [0.25, 0.3) is 22.2 Å². The quantitative estimate of drug-likeness (QED) is 0.551. The van der Waals surface area contributed by atoms with Gasteiger partial charge < -0.3 is 20.2 Å². The van der Waals surface area contributed by atoms with Gasteiger partial charge in [-0.05, 0) is 26.2 Å². The monoisotopic (exact) mass is 314 g/mol. The molecule has 3 rings (SSSR count). The first kappa shape index (κ1) is 15.0. The van der Waals surface area contributed by atoms with Gasteiger partial charge in [0.2, 0.25) is 0 Å². The molecule has 0 atom stereocenters. The first-order valence-corrected chi connectivity index (χ1v) is 7.24. The average Bonchev–Trinajstić information content (AvgIpc) is 2.94. The topological polar surface area (TPSA) is 110 Å². The Hall–Kier alpha value is -2.87. The van der Waals surface area contributed by atoms with Crippen molar-refractivity contribution in [3.63, 3.8) is 0 Å². The number of nitrogens with one attached hydrogen (secondary N) is 4. The van der Waals surface area contributed by atoms with E-state index in [1.165, 1.54) is 6.20 Å². The van der Waals surface area contributed by atoms with E-state index in [9.17, 15) is 9.59 Å². The fourth-order valence-corrected chi connectivity index (χ4v) is 2.37. The molecule has 0 unspecified atom stereocenters. The number of anilines is 1. The van der Waals surface area contributed by atoms with Gasteiger partial charge in [0, 0.05) is 36.4 Å². The lowest BCUT2D eigenvalue weighted by Gasteiger charge is -2.12. The zero-order valence-electron chi connectivity index (χ0n) is 12.9. The number of rotatable bonds is 5. The Kier molecular flexibility index (Phi) is 3.98. The van der Waals surface area contributed by atoms with Crippen molar-refractivity contribution in [3.05, 3.63) is 45.4 Å². The van der Waals surface area contributed by atoms with Crippen LogP contribution in [-0.4, -0.2) is 52.0 Å². The number of hydrogen-bond acceptors (Lipinski definition) is 5. The van der Waals surface area contributed by atoms with Crippen molar-refractivity contribution in [2.45, 2.75) is 0 Å². The molecular formula is C15H18N6O2. The van der Waals surface area contributed by atoms with Crippen molar-refractivity contribution >= 4 is 16.9 Å². The molecule has 0 saturated carbocycles. The first-order valence-electron chi connectivity index (χ1n) is 7.24. The summed E-state index contributed by atoms with van der Waals surface area (Å²) in [4.78, 5) is 37.7. The number of nitrogens with zero attached hydrogens (tertiary/aromatic N) is 2. The maximum Gasteiger partial charge on any atom is 0.325 e. The zero-order valence-corrected chi connectivity index (χ0v) is 12.9. The summed E-state index contributed by atoms with van der Waals surface area (Å²) < 4.78 is 0. The Bertz CT molecular complexity index is 937. The minimum absolute atomic E-state index is 0.396. The minimum Gasteiger partial charge on any atom is -0.369 e. The van der Waals surface area contributed by atoms with Crippen LogP contribution in [0.5, 0.6) is 0 Å². The Labute approximate surface area is 131 Å². The highest BCUT2D eigenvalue weighted by molar-refractivity contribution is 5.94. The number of pyridine rings is 1. The lowest BCUT2D eigenvalue weighted by Crippen LogP contribution is -2.23. The van der Waals surface area contributed by atoms with E-state index in [0.717, 1.165) is 18.5 Å². The van der Waals surface area contributed by atoms with Crippen LogP contribution in [0.1, 0.15) is 0 Å². The lowest BCUT2D eigenvalue weighted by atomic mass is 10.1. The Morgan fingerprint density at radius 3 is 2.78 bits per heavy atom. The molecule has 8 nitrogen and oxygen atoms in total. The highest BCUT2D eigenvalue weighted by Gasteiger charge is 2.12. The summed E-state index contributed by atoms with van der Waals surface area (Å²) in [6.07, 6.45) is 3.19. The van der Waals surface area contributed by atoms with E-state index in [0.29, 0.717) is 22.6 Å². The predicted molar refractivity (Wildman–Crippen MR) is 89.8 cm³/mol.